The van der Waals surface area contributed by atoms with Crippen molar-refractivity contribution in [1.29, 1.82) is 5.26 Å². The third-order valence-electron chi connectivity index (χ3n) is 9.88. The molecular formula is C31H40N8O2S. The molecule has 11 heteroatoms. The molecule has 4 atom stereocenters. The van der Waals surface area contributed by atoms with Crippen molar-refractivity contribution in [2.75, 3.05) is 43.9 Å². The fourth-order valence-corrected chi connectivity index (χ4v) is 9.06. The molecule has 2 aliphatic heterocycles. The number of aromatic nitrogens is 3. The molecule has 3 N–H and O–H groups in total. The zero-order chi connectivity index (χ0) is 29.0. The van der Waals surface area contributed by atoms with Crippen LogP contribution in [0, 0.1) is 11.3 Å². The van der Waals surface area contributed by atoms with E-state index < -0.39 is 0 Å². The van der Waals surface area contributed by atoms with Crippen molar-refractivity contribution in [3.63, 3.8) is 0 Å². The number of ether oxygens (including phenoxy) is 1. The predicted molar refractivity (Wildman–Crippen MR) is 163 cm³/mol. The highest BCUT2D eigenvalue weighted by Crippen LogP contribution is 2.55. The molecule has 0 unspecified atom stereocenters. The molecule has 7 rings (SSSR count). The Kier molecular flexibility index (Phi) is 7.11. The van der Waals surface area contributed by atoms with Gasteiger partial charge in [0.1, 0.15) is 23.0 Å². The largest absolute Gasteiger partial charge is 0.473 e. The van der Waals surface area contributed by atoms with Gasteiger partial charge in [-0.3, -0.25) is 4.90 Å². The lowest BCUT2D eigenvalue weighted by atomic mass is 9.63. The Balaban J connectivity index is 1.31. The van der Waals surface area contributed by atoms with Gasteiger partial charge in [-0.2, -0.15) is 10.2 Å². The van der Waals surface area contributed by atoms with Crippen molar-refractivity contribution in [3.8, 4) is 23.5 Å². The summed E-state index contributed by atoms with van der Waals surface area (Å²) in [6.07, 6.45) is 7.95. The smallest absolute Gasteiger partial charge is 0.219 e. The van der Waals surface area contributed by atoms with Crippen LogP contribution in [0.4, 0.5) is 10.8 Å². The van der Waals surface area contributed by atoms with Crippen molar-refractivity contribution < 1.29 is 9.26 Å². The van der Waals surface area contributed by atoms with E-state index in [-0.39, 0.29) is 11.5 Å². The number of thiophene rings is 1. The average Bonchev–Trinajstić information content (AvgIpc) is 3.70. The molecule has 0 aromatic carbocycles. The van der Waals surface area contributed by atoms with Crippen molar-refractivity contribution in [1.82, 2.24) is 25.3 Å². The summed E-state index contributed by atoms with van der Waals surface area (Å²) in [6, 6.07) is 5.12. The van der Waals surface area contributed by atoms with Crippen LogP contribution in [0.5, 0.6) is 5.88 Å². The van der Waals surface area contributed by atoms with Crippen molar-refractivity contribution in [2.24, 2.45) is 0 Å². The second-order valence-electron chi connectivity index (χ2n) is 12.6. The average molecular weight is 589 g/mol. The van der Waals surface area contributed by atoms with E-state index in [1.165, 1.54) is 11.3 Å². The molecule has 0 saturated carbocycles. The van der Waals surface area contributed by atoms with Crippen LogP contribution in [0.1, 0.15) is 79.7 Å². The number of anilines is 2. The first kappa shape index (κ1) is 27.6. The molecule has 0 amide bonds. The Bertz CT molecular complexity index is 1520. The molecule has 0 radical (unpaired) electrons. The summed E-state index contributed by atoms with van der Waals surface area (Å²) < 4.78 is 12.8. The minimum absolute atomic E-state index is 0.00125. The molecule has 5 heterocycles. The van der Waals surface area contributed by atoms with E-state index in [4.69, 9.17) is 25.0 Å². The Morgan fingerprint density at radius 2 is 2.07 bits per heavy atom. The van der Waals surface area contributed by atoms with E-state index >= 15 is 0 Å². The van der Waals surface area contributed by atoms with Crippen molar-refractivity contribution in [2.45, 2.75) is 88.8 Å². The van der Waals surface area contributed by atoms with Gasteiger partial charge in [0.2, 0.25) is 5.88 Å². The summed E-state index contributed by atoms with van der Waals surface area (Å²) in [7, 11) is 2.17. The number of piperazine rings is 1. The van der Waals surface area contributed by atoms with E-state index in [1.54, 1.807) is 11.3 Å². The van der Waals surface area contributed by atoms with Crippen LogP contribution < -0.4 is 20.7 Å². The van der Waals surface area contributed by atoms with E-state index in [0.717, 1.165) is 93.8 Å². The molecule has 2 fully saturated rings. The van der Waals surface area contributed by atoms with Crippen LogP contribution in [0.2, 0.25) is 0 Å². The van der Waals surface area contributed by atoms with Crippen LogP contribution in [-0.4, -0.2) is 71.4 Å². The Hall–Kier alpha value is -3.20. The number of nitriles is 1. The summed E-state index contributed by atoms with van der Waals surface area (Å²) in [5.74, 6) is 2.85. The van der Waals surface area contributed by atoms with Crippen LogP contribution in [0.15, 0.2) is 10.6 Å². The number of likely N-dealkylation sites (N-methyl/N-ethyl adjacent to an activating group) is 1. The maximum absolute atomic E-state index is 10.1. The maximum Gasteiger partial charge on any atom is 0.219 e. The van der Waals surface area contributed by atoms with Gasteiger partial charge in [-0.05, 0) is 84.4 Å². The Morgan fingerprint density at radius 3 is 2.83 bits per heavy atom. The van der Waals surface area contributed by atoms with Crippen LogP contribution in [-0.2, 0) is 18.3 Å². The first-order valence-corrected chi connectivity index (χ1v) is 16.2. The minimum atomic E-state index is -0.377. The number of fused-ring (bicyclic) bond motifs is 4. The second-order valence-corrected chi connectivity index (χ2v) is 13.7. The number of nitrogens with two attached hydrogens (primary N) is 1. The number of hydrogen-bond acceptors (Lipinski definition) is 11. The molecule has 10 nitrogen and oxygen atoms in total. The zero-order valence-corrected chi connectivity index (χ0v) is 25.6. The number of nitrogen functional groups attached to an aromatic ring is 1. The monoisotopic (exact) mass is 588 g/mol. The van der Waals surface area contributed by atoms with Gasteiger partial charge in [0.05, 0.1) is 11.0 Å². The molecular weight excluding hydrogens is 548 g/mol. The van der Waals surface area contributed by atoms with Crippen LogP contribution in [0.3, 0.4) is 0 Å². The van der Waals surface area contributed by atoms with Gasteiger partial charge in [-0.1, -0.05) is 5.16 Å². The number of rotatable bonds is 5. The first-order valence-electron chi connectivity index (χ1n) is 15.4. The molecule has 4 aliphatic rings. The van der Waals surface area contributed by atoms with Gasteiger partial charge in [-0.25, -0.2) is 4.98 Å². The number of nitrogens with one attached hydrogen (secondary N) is 1. The highest BCUT2D eigenvalue weighted by atomic mass is 32.1. The van der Waals surface area contributed by atoms with Crippen molar-refractivity contribution in [3.05, 3.63) is 33.4 Å². The number of likely N-dealkylation sites (tertiary alicyclic amines) is 1. The summed E-state index contributed by atoms with van der Waals surface area (Å²) in [6.45, 7) is 8.05. The third-order valence-corrected chi connectivity index (χ3v) is 11.0. The number of aryl methyl sites for hydroxylation is 1. The zero-order valence-electron chi connectivity index (χ0n) is 24.8. The van der Waals surface area contributed by atoms with E-state index in [2.05, 4.69) is 47.2 Å². The predicted octanol–water partition coefficient (Wildman–Crippen LogP) is 4.27. The van der Waals surface area contributed by atoms with Gasteiger partial charge < -0.3 is 25.2 Å². The SMILES string of the molecule is C[C@@H]1CN(c2cc(O[C@@H](C)[C@@H]3CCCN3C)nc(-c3noc4c3CCC[C@@]43CCCc4sc(N)c(C#N)c43)n2)CCN1. The summed E-state index contributed by atoms with van der Waals surface area (Å²) in [5.41, 5.74) is 9.42. The highest BCUT2D eigenvalue weighted by Gasteiger charge is 2.49. The fraction of sp³-hybridized carbons (Fsp3) is 0.613. The van der Waals surface area contributed by atoms with Gasteiger partial charge in [0, 0.05) is 48.2 Å². The molecule has 3 aromatic rings. The lowest BCUT2D eigenvalue weighted by molar-refractivity contribution is 0.117. The maximum atomic E-state index is 10.1. The Labute approximate surface area is 251 Å². The lowest BCUT2D eigenvalue weighted by Crippen LogP contribution is -2.49. The lowest BCUT2D eigenvalue weighted by Gasteiger charge is -2.39. The quantitative estimate of drug-likeness (QED) is 0.446. The van der Waals surface area contributed by atoms with Crippen LogP contribution in [0.25, 0.3) is 11.5 Å². The number of hydrogen-bond donors (Lipinski definition) is 2. The van der Waals surface area contributed by atoms with Crippen LogP contribution >= 0.6 is 11.3 Å². The molecule has 2 saturated heterocycles. The molecule has 222 valence electrons. The highest BCUT2D eigenvalue weighted by molar-refractivity contribution is 7.16. The first-order chi connectivity index (χ1) is 20.4. The van der Waals surface area contributed by atoms with Gasteiger partial charge in [-0.15, -0.1) is 11.3 Å². The summed E-state index contributed by atoms with van der Waals surface area (Å²) in [4.78, 5) is 15.9. The Morgan fingerprint density at radius 1 is 1.24 bits per heavy atom. The normalized spacial score (nSPS) is 26.6. The third kappa shape index (κ3) is 4.55. The van der Waals surface area contributed by atoms with E-state index in [1.807, 2.05) is 6.07 Å². The van der Waals surface area contributed by atoms with E-state index in [0.29, 0.717) is 40.0 Å². The summed E-state index contributed by atoms with van der Waals surface area (Å²) in [5, 5.41) is 18.9. The molecule has 1 spiro atoms. The standard InChI is InChI=1S/C31H40N8O2S/c1-18-17-39(14-12-34-18)24-15-25(40-19(2)22-8-6-13-38(22)3)36-30(35-24)27-20-7-4-10-31(28(20)41-37-27)11-5-9-23-26(31)21(16-32)29(33)42-23/h15,18-19,22,34H,4-14,17,33H2,1-3H3/t18-,19+,22+,31+/m1/s1. The molecule has 2 aliphatic carbocycles. The molecule has 42 heavy (non-hydrogen) atoms. The van der Waals surface area contributed by atoms with Gasteiger partial charge in [0.25, 0.3) is 0 Å². The molecule has 0 bridgehead atoms. The van der Waals surface area contributed by atoms with Crippen molar-refractivity contribution >= 4 is 22.2 Å². The fourth-order valence-electron chi connectivity index (χ4n) is 7.90. The summed E-state index contributed by atoms with van der Waals surface area (Å²) >= 11 is 1.56. The van der Waals surface area contributed by atoms with Gasteiger partial charge >= 0.3 is 0 Å². The molecule has 3 aromatic heterocycles. The minimum Gasteiger partial charge on any atom is -0.473 e. The second kappa shape index (κ2) is 10.8. The van der Waals surface area contributed by atoms with E-state index in [9.17, 15) is 5.26 Å². The number of nitrogens with zero attached hydrogens (tertiary/aromatic N) is 6. The topological polar surface area (TPSA) is 129 Å². The van der Waals surface area contributed by atoms with Gasteiger partial charge in [0.15, 0.2) is 17.3 Å².